The van der Waals surface area contributed by atoms with Crippen molar-refractivity contribution in [3.8, 4) is 0 Å². The highest BCUT2D eigenvalue weighted by molar-refractivity contribution is 5.89. The van der Waals surface area contributed by atoms with Crippen LogP contribution in [0, 0.1) is 52.3 Å². The van der Waals surface area contributed by atoms with Crippen molar-refractivity contribution in [1.29, 1.82) is 0 Å². The Hall–Kier alpha value is -1.72. The minimum atomic E-state index is -0.235. The standard InChI is InChI=1S/C31H48O6/c1-18(17-36-20(3)32)8-7-9-19(2)29-27(35)16-25-28-24(11-13-31(25,29)6)30(5)12-10-23(37-21(4)33)14-22(30)15-26(28)34/h18-19,22-25,28-29H,7-17H2,1-6H3. The van der Waals surface area contributed by atoms with Crippen molar-refractivity contribution >= 4 is 23.5 Å². The van der Waals surface area contributed by atoms with Crippen LogP contribution in [0.4, 0.5) is 0 Å². The van der Waals surface area contributed by atoms with E-state index in [-0.39, 0.29) is 52.5 Å². The van der Waals surface area contributed by atoms with E-state index in [1.54, 1.807) is 0 Å². The molecule has 4 saturated carbocycles. The molecule has 6 nitrogen and oxygen atoms in total. The van der Waals surface area contributed by atoms with Crippen molar-refractivity contribution in [3.63, 3.8) is 0 Å². The van der Waals surface area contributed by atoms with Crippen LogP contribution in [0.2, 0.25) is 0 Å². The molecule has 0 bridgehead atoms. The predicted octanol–water partition coefficient (Wildman–Crippen LogP) is 5.94. The number of hydrogen-bond acceptors (Lipinski definition) is 6. The van der Waals surface area contributed by atoms with Gasteiger partial charge < -0.3 is 9.47 Å². The van der Waals surface area contributed by atoms with Crippen LogP contribution in [-0.4, -0.2) is 36.2 Å². The zero-order valence-electron chi connectivity index (χ0n) is 23.8. The van der Waals surface area contributed by atoms with Crippen LogP contribution in [0.1, 0.15) is 106 Å². The first-order valence-electron chi connectivity index (χ1n) is 14.7. The second-order valence-corrected chi connectivity index (χ2v) is 13.6. The zero-order valence-corrected chi connectivity index (χ0v) is 23.8. The first-order chi connectivity index (χ1) is 17.4. The molecule has 4 fully saturated rings. The van der Waals surface area contributed by atoms with Crippen molar-refractivity contribution in [2.45, 2.75) is 112 Å². The fraction of sp³-hybridized carbons (Fsp3) is 0.871. The second-order valence-electron chi connectivity index (χ2n) is 13.6. The highest BCUT2D eigenvalue weighted by atomic mass is 16.5. The summed E-state index contributed by atoms with van der Waals surface area (Å²) < 4.78 is 10.7. The summed E-state index contributed by atoms with van der Waals surface area (Å²) >= 11 is 0. The molecular weight excluding hydrogens is 468 g/mol. The number of esters is 2. The van der Waals surface area contributed by atoms with Crippen molar-refractivity contribution in [3.05, 3.63) is 0 Å². The van der Waals surface area contributed by atoms with Gasteiger partial charge in [-0.3, -0.25) is 19.2 Å². The summed E-state index contributed by atoms with van der Waals surface area (Å²) in [6.45, 7) is 12.4. The third kappa shape index (κ3) is 5.41. The summed E-state index contributed by atoms with van der Waals surface area (Å²) in [7, 11) is 0. The van der Waals surface area contributed by atoms with Crippen molar-refractivity contribution in [2.24, 2.45) is 52.3 Å². The average Bonchev–Trinajstić information content (AvgIpc) is 3.08. The third-order valence-electron chi connectivity index (χ3n) is 11.2. The molecule has 0 heterocycles. The summed E-state index contributed by atoms with van der Waals surface area (Å²) in [4.78, 5) is 49.9. The van der Waals surface area contributed by atoms with Gasteiger partial charge in [-0.1, -0.05) is 34.1 Å². The maximum Gasteiger partial charge on any atom is 0.302 e. The highest BCUT2D eigenvalue weighted by Crippen LogP contribution is 2.67. The molecule has 4 aliphatic carbocycles. The number of carbonyl (C=O) groups is 4. The van der Waals surface area contributed by atoms with Gasteiger partial charge in [0.25, 0.3) is 0 Å². The summed E-state index contributed by atoms with van der Waals surface area (Å²) in [5.41, 5.74) is -0.0176. The fourth-order valence-corrected chi connectivity index (χ4v) is 9.34. The van der Waals surface area contributed by atoms with Crippen LogP contribution >= 0.6 is 0 Å². The molecular formula is C31H48O6. The molecule has 37 heavy (non-hydrogen) atoms. The minimum absolute atomic E-state index is 0.00447. The van der Waals surface area contributed by atoms with E-state index in [4.69, 9.17) is 9.47 Å². The predicted molar refractivity (Wildman–Crippen MR) is 140 cm³/mol. The lowest BCUT2D eigenvalue weighted by atomic mass is 9.44. The molecule has 0 aromatic rings. The van der Waals surface area contributed by atoms with Crippen LogP contribution in [0.25, 0.3) is 0 Å². The van der Waals surface area contributed by atoms with Crippen LogP contribution in [0.15, 0.2) is 0 Å². The van der Waals surface area contributed by atoms with Crippen molar-refractivity contribution < 1.29 is 28.7 Å². The van der Waals surface area contributed by atoms with E-state index in [1.165, 1.54) is 13.8 Å². The second kappa shape index (κ2) is 10.8. The molecule has 208 valence electrons. The van der Waals surface area contributed by atoms with E-state index in [0.717, 1.165) is 51.4 Å². The Labute approximate surface area is 223 Å². The lowest BCUT2D eigenvalue weighted by Crippen LogP contribution is -2.57. The summed E-state index contributed by atoms with van der Waals surface area (Å²) in [5.74, 6) is 1.65. The number of hydrogen-bond donors (Lipinski definition) is 0. The Balaban J connectivity index is 1.43. The molecule has 0 aliphatic heterocycles. The lowest BCUT2D eigenvalue weighted by Gasteiger charge is -2.60. The molecule has 0 saturated heterocycles. The quantitative estimate of drug-likeness (QED) is 0.371. The molecule has 0 aromatic carbocycles. The molecule has 0 N–H and O–H groups in total. The van der Waals surface area contributed by atoms with Gasteiger partial charge in [0.05, 0.1) is 6.61 Å². The zero-order chi connectivity index (χ0) is 27.1. The van der Waals surface area contributed by atoms with Gasteiger partial charge in [-0.05, 0) is 85.4 Å². The maximum atomic E-state index is 13.7. The molecule has 4 rings (SSSR count). The van der Waals surface area contributed by atoms with E-state index in [9.17, 15) is 19.2 Å². The highest BCUT2D eigenvalue weighted by Gasteiger charge is 2.65. The van der Waals surface area contributed by atoms with Gasteiger partial charge >= 0.3 is 11.9 Å². The molecule has 6 heteroatoms. The fourth-order valence-electron chi connectivity index (χ4n) is 9.34. The number of ether oxygens (including phenoxy) is 2. The first kappa shape index (κ1) is 28.3. The molecule has 4 aliphatic rings. The normalized spacial score (nSPS) is 40.7. The van der Waals surface area contributed by atoms with E-state index >= 15 is 0 Å². The number of fused-ring (bicyclic) bond motifs is 5. The van der Waals surface area contributed by atoms with E-state index < -0.39 is 0 Å². The van der Waals surface area contributed by atoms with E-state index in [0.29, 0.717) is 48.8 Å². The Morgan fingerprint density at radius 2 is 1.62 bits per heavy atom. The molecule has 0 radical (unpaired) electrons. The summed E-state index contributed by atoms with van der Waals surface area (Å²) in [6.07, 6.45) is 8.74. The van der Waals surface area contributed by atoms with Crippen LogP contribution in [0.5, 0.6) is 0 Å². The van der Waals surface area contributed by atoms with Gasteiger partial charge in [-0.15, -0.1) is 0 Å². The van der Waals surface area contributed by atoms with Gasteiger partial charge in [0.1, 0.15) is 17.7 Å². The van der Waals surface area contributed by atoms with E-state index in [2.05, 4.69) is 27.7 Å². The lowest BCUT2D eigenvalue weighted by molar-refractivity contribution is -0.168. The maximum absolute atomic E-state index is 13.7. The van der Waals surface area contributed by atoms with Gasteiger partial charge in [0.15, 0.2) is 0 Å². The molecule has 10 atom stereocenters. The van der Waals surface area contributed by atoms with Gasteiger partial charge in [0, 0.05) is 38.5 Å². The number of rotatable bonds is 8. The smallest absolute Gasteiger partial charge is 0.302 e. The number of Topliss-reactive ketones (excluding diaryl/α,β-unsaturated/α-hetero) is 2. The average molecular weight is 517 g/mol. The molecule has 0 aromatic heterocycles. The van der Waals surface area contributed by atoms with Crippen molar-refractivity contribution in [1.82, 2.24) is 0 Å². The largest absolute Gasteiger partial charge is 0.466 e. The monoisotopic (exact) mass is 516 g/mol. The summed E-state index contributed by atoms with van der Waals surface area (Å²) in [6, 6.07) is 0. The molecule has 10 unspecified atom stereocenters. The Morgan fingerprint density at radius 3 is 2.30 bits per heavy atom. The van der Waals surface area contributed by atoms with Crippen molar-refractivity contribution in [2.75, 3.05) is 6.61 Å². The first-order valence-corrected chi connectivity index (χ1v) is 14.7. The topological polar surface area (TPSA) is 86.7 Å². The Bertz CT molecular complexity index is 911. The van der Waals surface area contributed by atoms with Gasteiger partial charge in [-0.2, -0.15) is 0 Å². The minimum Gasteiger partial charge on any atom is -0.466 e. The third-order valence-corrected chi connectivity index (χ3v) is 11.2. The van der Waals surface area contributed by atoms with Gasteiger partial charge in [-0.25, -0.2) is 0 Å². The SMILES string of the molecule is CC(=O)OCC(C)CCCC(C)C1C(=O)CC2C3C(=O)CC4CC(OC(C)=O)CCC4(C)C3CCC21C. The number of carbonyl (C=O) groups excluding carboxylic acids is 4. The molecule has 0 spiro atoms. The number of ketones is 2. The van der Waals surface area contributed by atoms with Crippen LogP contribution in [-0.2, 0) is 28.7 Å². The van der Waals surface area contributed by atoms with Crippen LogP contribution < -0.4 is 0 Å². The summed E-state index contributed by atoms with van der Waals surface area (Å²) in [5, 5.41) is 0. The molecule has 0 amide bonds. The van der Waals surface area contributed by atoms with Crippen LogP contribution in [0.3, 0.4) is 0 Å². The Morgan fingerprint density at radius 1 is 0.919 bits per heavy atom. The van der Waals surface area contributed by atoms with E-state index in [1.807, 2.05) is 0 Å². The Kier molecular flexibility index (Phi) is 8.26. The van der Waals surface area contributed by atoms with Gasteiger partial charge in [0.2, 0.25) is 0 Å².